The molecule has 0 heterocycles. The van der Waals surface area contributed by atoms with Gasteiger partial charge in [0.1, 0.15) is 11.6 Å². The van der Waals surface area contributed by atoms with E-state index in [4.69, 9.17) is 27.9 Å². The van der Waals surface area contributed by atoms with Crippen molar-refractivity contribution in [1.29, 1.82) is 0 Å². The smallest absolute Gasteiger partial charge is 0.345 e. The second kappa shape index (κ2) is 11.6. The first kappa shape index (κ1) is 25.8. The number of fused-ring (bicyclic) bond motifs is 1. The number of hydrogen-bond donors (Lipinski definition) is 2. The van der Waals surface area contributed by atoms with Crippen molar-refractivity contribution >= 4 is 58.0 Å². The number of hydrazone groups is 1. The molecule has 37 heavy (non-hydrogen) atoms. The van der Waals surface area contributed by atoms with Crippen LogP contribution in [0, 0.1) is 5.82 Å². The lowest BCUT2D eigenvalue weighted by Crippen LogP contribution is -2.34. The maximum atomic E-state index is 13.0. The first-order chi connectivity index (χ1) is 17.8. The summed E-state index contributed by atoms with van der Waals surface area (Å²) < 4.78 is 18.6. The highest BCUT2D eigenvalue weighted by Gasteiger charge is 2.16. The minimum absolute atomic E-state index is 0.132. The van der Waals surface area contributed by atoms with E-state index in [1.165, 1.54) is 36.5 Å². The molecule has 7 nitrogen and oxygen atoms in total. The van der Waals surface area contributed by atoms with Crippen molar-refractivity contribution < 1.29 is 23.5 Å². The Morgan fingerprint density at radius 2 is 1.70 bits per heavy atom. The Bertz CT molecular complexity index is 1520. The predicted octanol–water partition coefficient (Wildman–Crippen LogP) is 5.39. The monoisotopic (exact) mass is 537 g/mol. The van der Waals surface area contributed by atoms with Gasteiger partial charge in [-0.25, -0.2) is 14.6 Å². The lowest BCUT2D eigenvalue weighted by Gasteiger charge is -2.11. The Balaban J connectivity index is 1.48. The van der Waals surface area contributed by atoms with Crippen LogP contribution in [0.4, 0.5) is 4.39 Å². The summed E-state index contributed by atoms with van der Waals surface area (Å²) in [5.74, 6) is -2.11. The van der Waals surface area contributed by atoms with E-state index in [0.717, 1.165) is 22.9 Å². The zero-order chi connectivity index (χ0) is 26.4. The second-order valence-electron chi connectivity index (χ2n) is 7.69. The van der Waals surface area contributed by atoms with Gasteiger partial charge in [-0.2, -0.15) is 5.10 Å². The molecule has 0 bridgehead atoms. The summed E-state index contributed by atoms with van der Waals surface area (Å²) in [4.78, 5) is 37.1. The molecule has 4 aromatic rings. The maximum Gasteiger partial charge on any atom is 0.345 e. The molecule has 10 heteroatoms. The summed E-state index contributed by atoms with van der Waals surface area (Å²) in [6.07, 6.45) is 1.34. The number of amides is 2. The number of halogens is 3. The van der Waals surface area contributed by atoms with Gasteiger partial charge in [0, 0.05) is 16.1 Å². The molecule has 186 valence electrons. The molecule has 0 aliphatic carbocycles. The molecule has 0 unspecified atom stereocenters. The van der Waals surface area contributed by atoms with Gasteiger partial charge in [-0.15, -0.1) is 0 Å². The number of rotatable bonds is 7. The number of benzene rings is 4. The fourth-order valence-electron chi connectivity index (χ4n) is 3.38. The molecule has 0 radical (unpaired) electrons. The maximum absolute atomic E-state index is 13.0. The van der Waals surface area contributed by atoms with Crippen LogP contribution >= 0.6 is 23.2 Å². The average molecular weight is 538 g/mol. The van der Waals surface area contributed by atoms with E-state index in [0.29, 0.717) is 10.6 Å². The quantitative estimate of drug-likeness (QED) is 0.143. The number of carbonyl (C=O) groups is 3. The first-order valence-corrected chi connectivity index (χ1v) is 11.6. The number of hydrogen-bond acceptors (Lipinski definition) is 5. The van der Waals surface area contributed by atoms with Gasteiger partial charge < -0.3 is 10.1 Å². The van der Waals surface area contributed by atoms with E-state index in [9.17, 15) is 18.8 Å². The Hall–Kier alpha value is -4.27. The van der Waals surface area contributed by atoms with E-state index in [-0.39, 0.29) is 28.4 Å². The third-order valence-electron chi connectivity index (χ3n) is 5.18. The van der Waals surface area contributed by atoms with Crippen molar-refractivity contribution in [3.8, 4) is 5.75 Å². The van der Waals surface area contributed by atoms with Crippen molar-refractivity contribution in [1.82, 2.24) is 10.7 Å². The number of carbonyl (C=O) groups excluding carboxylic acids is 3. The van der Waals surface area contributed by atoms with Crippen LogP contribution in [0.2, 0.25) is 10.0 Å². The summed E-state index contributed by atoms with van der Waals surface area (Å²) in [6.45, 7) is -0.361. The first-order valence-electron chi connectivity index (χ1n) is 10.9. The molecular formula is C27H18Cl2FN3O4. The highest BCUT2D eigenvalue weighted by Crippen LogP contribution is 2.29. The van der Waals surface area contributed by atoms with Crippen LogP contribution in [-0.4, -0.2) is 30.5 Å². The van der Waals surface area contributed by atoms with Crippen molar-refractivity contribution in [2.24, 2.45) is 5.10 Å². The van der Waals surface area contributed by atoms with Crippen molar-refractivity contribution in [3.63, 3.8) is 0 Å². The summed E-state index contributed by atoms with van der Waals surface area (Å²) in [5.41, 5.74) is 3.10. The summed E-state index contributed by atoms with van der Waals surface area (Å²) in [6, 6.07) is 20.1. The number of nitrogens with one attached hydrogen (secondary N) is 2. The highest BCUT2D eigenvalue weighted by atomic mass is 35.5. The lowest BCUT2D eigenvalue weighted by atomic mass is 10.0. The largest absolute Gasteiger partial charge is 0.422 e. The van der Waals surface area contributed by atoms with E-state index in [2.05, 4.69) is 15.8 Å². The third-order valence-corrected chi connectivity index (χ3v) is 5.73. The minimum atomic E-state index is -0.695. The minimum Gasteiger partial charge on any atom is -0.422 e. The molecule has 4 aromatic carbocycles. The van der Waals surface area contributed by atoms with Crippen LogP contribution in [0.5, 0.6) is 5.75 Å². The molecular weight excluding hydrogens is 520 g/mol. The topological polar surface area (TPSA) is 96.9 Å². The van der Waals surface area contributed by atoms with Crippen LogP contribution in [0.25, 0.3) is 10.8 Å². The van der Waals surface area contributed by atoms with E-state index < -0.39 is 23.6 Å². The number of ether oxygens (including phenoxy) is 1. The zero-order valence-electron chi connectivity index (χ0n) is 19.0. The van der Waals surface area contributed by atoms with Gasteiger partial charge in [0.15, 0.2) is 0 Å². The highest BCUT2D eigenvalue weighted by molar-refractivity contribution is 6.36. The Morgan fingerprint density at radius 1 is 0.946 bits per heavy atom. The van der Waals surface area contributed by atoms with Crippen LogP contribution < -0.4 is 15.5 Å². The standard InChI is InChI=1S/C27H18Cl2FN3O4/c28-18-8-11-21(23(29)13-18)27(36)37-24-12-7-16-3-1-2-4-20(16)22(24)14-32-33-25(34)15-31-26(35)17-5-9-19(30)10-6-17/h1-14H,15H2,(H,31,35)(H,33,34)/b32-14+. The van der Waals surface area contributed by atoms with Gasteiger partial charge in [-0.05, 0) is 59.3 Å². The molecule has 0 aliphatic rings. The SMILES string of the molecule is O=C(CNC(=O)c1ccc(F)cc1)N/N=C/c1c(OC(=O)c2ccc(Cl)cc2Cl)ccc2ccccc12. The molecule has 0 spiro atoms. The Labute approximate surface area is 220 Å². The Kier molecular flexibility index (Phi) is 8.12. The van der Waals surface area contributed by atoms with Gasteiger partial charge >= 0.3 is 5.97 Å². The van der Waals surface area contributed by atoms with Crippen LogP contribution in [0.1, 0.15) is 26.3 Å². The number of nitrogens with zero attached hydrogens (tertiary/aromatic N) is 1. The van der Waals surface area contributed by atoms with Gasteiger partial charge in [0.2, 0.25) is 0 Å². The van der Waals surface area contributed by atoms with Crippen molar-refractivity contribution in [2.45, 2.75) is 0 Å². The average Bonchev–Trinajstić information content (AvgIpc) is 2.88. The van der Waals surface area contributed by atoms with Gasteiger partial charge in [-0.3, -0.25) is 9.59 Å². The molecule has 0 saturated heterocycles. The fourth-order valence-corrected chi connectivity index (χ4v) is 3.87. The molecule has 2 amide bonds. The van der Waals surface area contributed by atoms with Crippen LogP contribution in [0.15, 0.2) is 84.0 Å². The normalized spacial score (nSPS) is 10.9. The summed E-state index contributed by atoms with van der Waals surface area (Å²) in [7, 11) is 0. The van der Waals surface area contributed by atoms with Gasteiger partial charge in [0.25, 0.3) is 11.8 Å². The summed E-state index contributed by atoms with van der Waals surface area (Å²) >= 11 is 12.0. The number of esters is 1. The fraction of sp³-hybridized carbons (Fsp3) is 0.0370. The van der Waals surface area contributed by atoms with Crippen LogP contribution in [0.3, 0.4) is 0 Å². The molecule has 4 rings (SSSR count). The third kappa shape index (κ3) is 6.49. The molecule has 0 fully saturated rings. The molecule has 0 aliphatic heterocycles. The predicted molar refractivity (Wildman–Crippen MR) is 140 cm³/mol. The summed E-state index contributed by atoms with van der Waals surface area (Å²) in [5, 5.41) is 8.48. The van der Waals surface area contributed by atoms with E-state index in [1.807, 2.05) is 24.3 Å². The van der Waals surface area contributed by atoms with Crippen molar-refractivity contribution in [2.75, 3.05) is 6.54 Å². The molecule has 0 atom stereocenters. The van der Waals surface area contributed by atoms with Crippen LogP contribution in [-0.2, 0) is 4.79 Å². The lowest BCUT2D eigenvalue weighted by molar-refractivity contribution is -0.120. The second-order valence-corrected chi connectivity index (χ2v) is 8.54. The Morgan fingerprint density at radius 3 is 2.46 bits per heavy atom. The zero-order valence-corrected chi connectivity index (χ0v) is 20.5. The molecule has 2 N–H and O–H groups in total. The van der Waals surface area contributed by atoms with Gasteiger partial charge in [0.05, 0.1) is 23.3 Å². The van der Waals surface area contributed by atoms with E-state index >= 15 is 0 Å². The van der Waals surface area contributed by atoms with Gasteiger partial charge in [-0.1, -0.05) is 53.5 Å². The molecule has 0 saturated carbocycles. The van der Waals surface area contributed by atoms with E-state index in [1.54, 1.807) is 12.1 Å². The molecule has 0 aromatic heterocycles. The van der Waals surface area contributed by atoms with Crippen molar-refractivity contribution in [3.05, 3.63) is 111 Å².